The molecular weight excluding hydrogens is 352 g/mol. The third-order valence-corrected chi connectivity index (χ3v) is 4.91. The lowest BCUT2D eigenvalue weighted by atomic mass is 10.3. The topological polar surface area (TPSA) is 79.1 Å². The maximum Gasteiger partial charge on any atom is 0.307 e. The van der Waals surface area contributed by atoms with Gasteiger partial charge >= 0.3 is 5.97 Å². The minimum Gasteiger partial charge on any atom is -0.477 e. The van der Waals surface area contributed by atoms with Crippen molar-refractivity contribution in [2.75, 3.05) is 37.7 Å². The number of esters is 1. The molecule has 0 aliphatic heterocycles. The van der Waals surface area contributed by atoms with E-state index in [-0.39, 0.29) is 12.4 Å². The van der Waals surface area contributed by atoms with Crippen LogP contribution in [-0.2, 0) is 16.1 Å². The summed E-state index contributed by atoms with van der Waals surface area (Å²) in [6.07, 6.45) is 10.6. The van der Waals surface area contributed by atoms with Crippen LogP contribution >= 0.6 is 10.0 Å². The molecule has 0 radical (unpaired) electrons. The van der Waals surface area contributed by atoms with Crippen LogP contribution < -0.4 is 4.74 Å². The van der Waals surface area contributed by atoms with E-state index in [0.717, 1.165) is 17.0 Å². The number of aryl methyl sites for hydroxylation is 2. The van der Waals surface area contributed by atoms with E-state index in [4.69, 9.17) is 9.47 Å². The first-order valence-electron chi connectivity index (χ1n) is 8.60. The molecule has 0 atom stereocenters. The summed E-state index contributed by atoms with van der Waals surface area (Å²) in [5.74, 6) is 1.95. The standard InChI is InChI=1S/C18H28N4O3S/c1-6-24-17(23)7-8-22-13-15(12-19-22)18-20-14(2)11-16(21-18)25-9-10-26(3,4)5/h11-13H,6-10H2,1-5H3. The molecule has 2 aromatic rings. The van der Waals surface area contributed by atoms with E-state index in [1.807, 2.05) is 19.2 Å². The Morgan fingerprint density at radius 1 is 1.27 bits per heavy atom. The first kappa shape index (κ1) is 20.2. The number of hydrogen-bond donors (Lipinski definition) is 0. The summed E-state index contributed by atoms with van der Waals surface area (Å²) in [6, 6.07) is 1.84. The van der Waals surface area contributed by atoms with Crippen molar-refractivity contribution in [3.8, 4) is 17.3 Å². The predicted octanol–water partition coefficient (Wildman–Crippen LogP) is 2.67. The zero-order valence-corrected chi connectivity index (χ0v) is 17.0. The fourth-order valence-corrected chi connectivity index (χ4v) is 2.76. The van der Waals surface area contributed by atoms with Gasteiger partial charge in [-0.05, 0) is 32.6 Å². The van der Waals surface area contributed by atoms with Crippen molar-refractivity contribution in [2.45, 2.75) is 26.8 Å². The molecule has 8 heteroatoms. The van der Waals surface area contributed by atoms with Crippen molar-refractivity contribution in [3.05, 3.63) is 24.2 Å². The quantitative estimate of drug-likeness (QED) is 0.622. The van der Waals surface area contributed by atoms with Crippen molar-refractivity contribution in [1.82, 2.24) is 19.7 Å². The highest BCUT2D eigenvalue weighted by molar-refractivity contribution is 8.32. The molecule has 0 saturated carbocycles. The molecule has 0 aromatic carbocycles. The smallest absolute Gasteiger partial charge is 0.307 e. The maximum atomic E-state index is 11.5. The third kappa shape index (κ3) is 6.67. The molecule has 0 amide bonds. The highest BCUT2D eigenvalue weighted by atomic mass is 32.3. The molecular formula is C18H28N4O3S. The fraction of sp³-hybridized carbons (Fsp3) is 0.556. The Kier molecular flexibility index (Phi) is 7.02. The number of carbonyl (C=O) groups excluding carboxylic acids is 1. The lowest BCUT2D eigenvalue weighted by Gasteiger charge is -2.24. The summed E-state index contributed by atoms with van der Waals surface area (Å²) in [5, 5.41) is 4.27. The van der Waals surface area contributed by atoms with E-state index < -0.39 is 10.0 Å². The molecule has 0 aliphatic rings. The summed E-state index contributed by atoms with van der Waals surface area (Å²) < 4.78 is 12.4. The van der Waals surface area contributed by atoms with E-state index in [2.05, 4.69) is 33.8 Å². The van der Waals surface area contributed by atoms with Crippen LogP contribution in [0.1, 0.15) is 19.0 Å². The second-order valence-electron chi connectivity index (χ2n) is 6.86. The van der Waals surface area contributed by atoms with Crippen LogP contribution in [0.15, 0.2) is 18.5 Å². The zero-order valence-electron chi connectivity index (χ0n) is 16.2. The lowest BCUT2D eigenvalue weighted by molar-refractivity contribution is -0.143. The Hall–Kier alpha value is -2.09. The number of nitrogens with zero attached hydrogens (tertiary/aromatic N) is 4. The molecule has 0 spiro atoms. The first-order chi connectivity index (χ1) is 12.3. The number of ether oxygens (including phenoxy) is 2. The van der Waals surface area contributed by atoms with Crippen LogP contribution in [0.4, 0.5) is 0 Å². The second-order valence-corrected chi connectivity index (χ2v) is 11.5. The number of carbonyl (C=O) groups is 1. The van der Waals surface area contributed by atoms with E-state index in [1.165, 1.54) is 0 Å². The van der Waals surface area contributed by atoms with Gasteiger partial charge in [0.25, 0.3) is 0 Å². The van der Waals surface area contributed by atoms with Crippen LogP contribution in [0.3, 0.4) is 0 Å². The monoisotopic (exact) mass is 380 g/mol. The Bertz CT molecular complexity index is 740. The van der Waals surface area contributed by atoms with E-state index in [1.54, 1.807) is 17.8 Å². The van der Waals surface area contributed by atoms with Gasteiger partial charge < -0.3 is 9.47 Å². The Labute approximate surface area is 156 Å². The molecule has 2 aromatic heterocycles. The van der Waals surface area contributed by atoms with Gasteiger partial charge in [-0.2, -0.15) is 10.1 Å². The van der Waals surface area contributed by atoms with Gasteiger partial charge in [0.15, 0.2) is 5.82 Å². The predicted molar refractivity (Wildman–Crippen MR) is 105 cm³/mol. The Balaban J connectivity index is 2.03. The minimum absolute atomic E-state index is 0.229. The van der Waals surface area contributed by atoms with Gasteiger partial charge in [-0.15, -0.1) is 0 Å². The molecule has 0 aliphatic carbocycles. The zero-order chi connectivity index (χ0) is 19.2. The van der Waals surface area contributed by atoms with Gasteiger partial charge in [0.05, 0.1) is 37.9 Å². The number of hydrogen-bond acceptors (Lipinski definition) is 6. The summed E-state index contributed by atoms with van der Waals surface area (Å²) in [7, 11) is -0.600. The molecule has 0 bridgehead atoms. The molecule has 2 rings (SSSR count). The van der Waals surface area contributed by atoms with Crippen molar-refractivity contribution in [3.63, 3.8) is 0 Å². The van der Waals surface area contributed by atoms with E-state index >= 15 is 0 Å². The van der Waals surface area contributed by atoms with Gasteiger partial charge in [0.1, 0.15) is 0 Å². The lowest BCUT2D eigenvalue weighted by Crippen LogP contribution is -2.10. The molecule has 0 N–H and O–H groups in total. The van der Waals surface area contributed by atoms with Gasteiger partial charge in [-0.3, -0.25) is 9.48 Å². The van der Waals surface area contributed by atoms with Crippen molar-refractivity contribution >= 4 is 16.0 Å². The van der Waals surface area contributed by atoms with Crippen LogP contribution in [0.5, 0.6) is 5.88 Å². The van der Waals surface area contributed by atoms with Gasteiger partial charge in [-0.25, -0.2) is 15.0 Å². The molecule has 7 nitrogen and oxygen atoms in total. The van der Waals surface area contributed by atoms with Gasteiger partial charge in [-0.1, -0.05) is 0 Å². The summed E-state index contributed by atoms with van der Waals surface area (Å²) in [4.78, 5) is 20.4. The highest BCUT2D eigenvalue weighted by Crippen LogP contribution is 2.33. The van der Waals surface area contributed by atoms with Crippen LogP contribution in [0.2, 0.25) is 0 Å². The third-order valence-electron chi connectivity index (χ3n) is 3.52. The van der Waals surface area contributed by atoms with Crippen LogP contribution in [0, 0.1) is 6.92 Å². The van der Waals surface area contributed by atoms with Crippen LogP contribution in [-0.4, -0.2) is 63.5 Å². The largest absolute Gasteiger partial charge is 0.477 e. The number of aromatic nitrogens is 4. The summed E-state index contributed by atoms with van der Waals surface area (Å²) >= 11 is 0. The van der Waals surface area contributed by atoms with Crippen LogP contribution in [0.25, 0.3) is 11.4 Å². The average molecular weight is 381 g/mol. The Morgan fingerprint density at radius 2 is 2.04 bits per heavy atom. The summed E-state index contributed by atoms with van der Waals surface area (Å²) in [6.45, 7) is 5.20. The Morgan fingerprint density at radius 3 is 2.73 bits per heavy atom. The molecule has 2 heterocycles. The highest BCUT2D eigenvalue weighted by Gasteiger charge is 2.11. The van der Waals surface area contributed by atoms with Gasteiger partial charge in [0.2, 0.25) is 5.88 Å². The normalized spacial score (nSPS) is 12.0. The van der Waals surface area contributed by atoms with E-state index in [9.17, 15) is 4.79 Å². The first-order valence-corrected chi connectivity index (χ1v) is 11.6. The summed E-state index contributed by atoms with van der Waals surface area (Å²) in [5.41, 5.74) is 1.64. The molecule has 0 fully saturated rings. The molecule has 0 unspecified atom stereocenters. The fourth-order valence-electron chi connectivity index (χ4n) is 2.18. The van der Waals surface area contributed by atoms with E-state index in [0.29, 0.717) is 31.5 Å². The van der Waals surface area contributed by atoms with Crippen molar-refractivity contribution in [1.29, 1.82) is 0 Å². The van der Waals surface area contributed by atoms with Crippen molar-refractivity contribution in [2.24, 2.45) is 0 Å². The van der Waals surface area contributed by atoms with Gasteiger partial charge in [0, 0.05) is 23.7 Å². The average Bonchev–Trinajstić information content (AvgIpc) is 3.00. The van der Waals surface area contributed by atoms with Crippen molar-refractivity contribution < 1.29 is 14.3 Å². The second kappa shape index (κ2) is 9.02. The molecule has 0 saturated heterocycles. The SMILES string of the molecule is CCOC(=O)CCn1cc(-c2nc(C)cc(OCCS(C)(C)C)n2)cn1. The molecule has 144 valence electrons. The minimum atomic E-state index is -0.600. The maximum absolute atomic E-state index is 11.5. The molecule has 26 heavy (non-hydrogen) atoms. The number of rotatable bonds is 9.